The molecule has 3 heteroatoms. The van der Waals surface area contributed by atoms with Gasteiger partial charge < -0.3 is 4.57 Å². The van der Waals surface area contributed by atoms with Gasteiger partial charge in [-0.05, 0) is 43.5 Å². The molecule has 0 amide bonds. The predicted octanol–water partition coefficient (Wildman–Crippen LogP) is 6.02. The maximum atomic E-state index is 4.76. The number of benzene rings is 2. The molecule has 0 unspecified atom stereocenters. The number of nitrogens with zero attached hydrogens (tertiary/aromatic N) is 2. The molecule has 0 radical (unpaired) electrons. The Labute approximate surface area is 167 Å². The summed E-state index contributed by atoms with van der Waals surface area (Å²) in [6.07, 6.45) is 2.80. The van der Waals surface area contributed by atoms with Crippen LogP contribution in [0.5, 0.6) is 0 Å². The van der Waals surface area contributed by atoms with Crippen molar-refractivity contribution in [1.29, 1.82) is 0 Å². The minimum Gasteiger partial charge on any atom is -0.339 e. The summed E-state index contributed by atoms with van der Waals surface area (Å²) in [5, 5.41) is 1.32. The van der Waals surface area contributed by atoms with Gasteiger partial charge >= 0.3 is 0 Å². The van der Waals surface area contributed by atoms with Gasteiger partial charge in [-0.1, -0.05) is 60.2 Å². The number of aromatic nitrogens is 2. The van der Waals surface area contributed by atoms with Gasteiger partial charge in [-0.15, -0.1) is 12.4 Å². The third-order valence-electron chi connectivity index (χ3n) is 5.26. The molecule has 0 aliphatic heterocycles. The van der Waals surface area contributed by atoms with Crippen molar-refractivity contribution in [2.45, 2.75) is 33.7 Å². The monoisotopic (exact) mass is 376 g/mol. The molecule has 4 aromatic rings. The summed E-state index contributed by atoms with van der Waals surface area (Å²) in [6.45, 7) is 7.47. The number of hydrogen-bond donors (Lipinski definition) is 0. The topological polar surface area (TPSA) is 17.8 Å². The van der Waals surface area contributed by atoms with Gasteiger partial charge in [0.2, 0.25) is 0 Å². The van der Waals surface area contributed by atoms with Gasteiger partial charge in [0.1, 0.15) is 0 Å². The van der Waals surface area contributed by atoms with E-state index in [0.717, 1.165) is 18.7 Å². The van der Waals surface area contributed by atoms with Crippen LogP contribution >= 0.6 is 12.4 Å². The van der Waals surface area contributed by atoms with Crippen LogP contribution in [0.4, 0.5) is 0 Å². The van der Waals surface area contributed by atoms with Crippen LogP contribution < -0.4 is 0 Å². The first kappa shape index (κ1) is 19.2. The van der Waals surface area contributed by atoms with Gasteiger partial charge in [-0.2, -0.15) is 0 Å². The van der Waals surface area contributed by atoms with Crippen molar-refractivity contribution < 1.29 is 0 Å². The van der Waals surface area contributed by atoms with E-state index < -0.39 is 0 Å². The fraction of sp³-hybridized carbons (Fsp3) is 0.208. The van der Waals surface area contributed by atoms with E-state index >= 15 is 0 Å². The highest BCUT2D eigenvalue weighted by atomic mass is 35.5. The minimum absolute atomic E-state index is 0. The molecular weight excluding hydrogens is 352 g/mol. The lowest BCUT2D eigenvalue weighted by molar-refractivity contribution is 0.793. The number of aryl methyl sites for hydroxylation is 2. The van der Waals surface area contributed by atoms with E-state index in [1.165, 1.54) is 38.9 Å². The van der Waals surface area contributed by atoms with E-state index in [0.29, 0.717) is 0 Å². The fourth-order valence-electron chi connectivity index (χ4n) is 3.78. The van der Waals surface area contributed by atoms with Crippen molar-refractivity contribution in [3.63, 3.8) is 0 Å². The van der Waals surface area contributed by atoms with E-state index in [2.05, 4.69) is 86.0 Å². The van der Waals surface area contributed by atoms with Crippen molar-refractivity contribution in [2.75, 3.05) is 0 Å². The minimum atomic E-state index is 0. The Bertz CT molecular complexity index is 1060. The molecule has 0 aliphatic rings. The first-order valence-corrected chi connectivity index (χ1v) is 9.16. The molecule has 0 spiro atoms. The van der Waals surface area contributed by atoms with Gasteiger partial charge in [0, 0.05) is 30.2 Å². The Morgan fingerprint density at radius 3 is 2.33 bits per heavy atom. The van der Waals surface area contributed by atoms with Crippen molar-refractivity contribution in [2.24, 2.45) is 0 Å². The summed E-state index contributed by atoms with van der Waals surface area (Å²) in [7, 11) is 0. The van der Waals surface area contributed by atoms with E-state index in [9.17, 15) is 0 Å². The highest BCUT2D eigenvalue weighted by Gasteiger charge is 2.15. The van der Waals surface area contributed by atoms with Crippen molar-refractivity contribution in [3.05, 3.63) is 101 Å². The summed E-state index contributed by atoms with van der Waals surface area (Å²) < 4.78 is 2.44. The Balaban J connectivity index is 0.00000210. The zero-order chi connectivity index (χ0) is 18.1. The average molecular weight is 377 g/mol. The van der Waals surface area contributed by atoms with Gasteiger partial charge in [-0.3, -0.25) is 4.98 Å². The van der Waals surface area contributed by atoms with Gasteiger partial charge in [-0.25, -0.2) is 0 Å². The highest BCUT2D eigenvalue weighted by molar-refractivity contribution is 5.87. The van der Waals surface area contributed by atoms with Crippen LogP contribution in [0.15, 0.2) is 66.9 Å². The Morgan fingerprint density at radius 2 is 1.59 bits per heavy atom. The molecule has 2 heterocycles. The van der Waals surface area contributed by atoms with Crippen LogP contribution in [0.3, 0.4) is 0 Å². The van der Waals surface area contributed by atoms with E-state index in [1.807, 2.05) is 6.20 Å². The summed E-state index contributed by atoms with van der Waals surface area (Å²) >= 11 is 0. The number of fused-ring (bicyclic) bond motifs is 1. The van der Waals surface area contributed by atoms with E-state index in [-0.39, 0.29) is 12.4 Å². The third-order valence-corrected chi connectivity index (χ3v) is 5.26. The molecule has 0 N–H and O–H groups in total. The van der Waals surface area contributed by atoms with Crippen LogP contribution in [-0.4, -0.2) is 9.55 Å². The van der Waals surface area contributed by atoms with Crippen molar-refractivity contribution >= 4 is 23.3 Å². The smallest absolute Gasteiger partial charge is 0.0710 e. The van der Waals surface area contributed by atoms with E-state index in [4.69, 9.17) is 4.98 Å². The Hall–Kier alpha value is -2.58. The second-order valence-electron chi connectivity index (χ2n) is 7.10. The maximum Gasteiger partial charge on any atom is 0.0710 e. The molecule has 0 saturated heterocycles. The van der Waals surface area contributed by atoms with Crippen molar-refractivity contribution in [1.82, 2.24) is 9.55 Å². The zero-order valence-corrected chi connectivity index (χ0v) is 16.9. The van der Waals surface area contributed by atoms with Crippen LogP contribution in [0.2, 0.25) is 0 Å². The first-order chi connectivity index (χ1) is 12.6. The second-order valence-corrected chi connectivity index (χ2v) is 7.10. The Morgan fingerprint density at radius 1 is 0.852 bits per heavy atom. The van der Waals surface area contributed by atoms with Gasteiger partial charge in [0.05, 0.1) is 11.2 Å². The standard InChI is InChI=1S/C24H24N2.ClH/c1-17-8-7-11-21(14-17)16-26-19(3)18(2)22-12-13-25-23(24(22)26)15-20-9-5-4-6-10-20;/h4-14H,15-16H2,1-3H3;1H. The fourth-order valence-corrected chi connectivity index (χ4v) is 3.78. The van der Waals surface area contributed by atoms with E-state index in [1.54, 1.807) is 0 Å². The third kappa shape index (κ3) is 3.77. The SMILES string of the molecule is Cc1cccc(Cn2c(C)c(C)c3ccnc(Cc4ccccc4)c32)c1.Cl. The van der Waals surface area contributed by atoms with Crippen LogP contribution in [0.1, 0.15) is 33.6 Å². The second kappa shape index (κ2) is 7.98. The molecule has 0 fully saturated rings. The lowest BCUT2D eigenvalue weighted by atomic mass is 10.1. The number of rotatable bonds is 4. The Kier molecular flexibility index (Phi) is 5.67. The first-order valence-electron chi connectivity index (χ1n) is 9.16. The number of halogens is 1. The van der Waals surface area contributed by atoms with Gasteiger partial charge in [0.25, 0.3) is 0 Å². The maximum absolute atomic E-state index is 4.76. The quantitative estimate of drug-likeness (QED) is 0.425. The molecule has 0 aliphatic carbocycles. The zero-order valence-electron chi connectivity index (χ0n) is 16.1. The summed E-state index contributed by atoms with van der Waals surface area (Å²) in [4.78, 5) is 4.76. The summed E-state index contributed by atoms with van der Waals surface area (Å²) in [6, 6.07) is 21.5. The summed E-state index contributed by atoms with van der Waals surface area (Å²) in [5.41, 5.74) is 9.03. The predicted molar refractivity (Wildman–Crippen MR) is 116 cm³/mol. The molecule has 4 rings (SSSR count). The molecule has 2 aromatic heterocycles. The highest BCUT2D eigenvalue weighted by Crippen LogP contribution is 2.29. The largest absolute Gasteiger partial charge is 0.339 e. The van der Waals surface area contributed by atoms with Crippen molar-refractivity contribution in [3.8, 4) is 0 Å². The number of pyridine rings is 1. The normalized spacial score (nSPS) is 10.8. The van der Waals surface area contributed by atoms with Crippen LogP contribution in [0.25, 0.3) is 10.9 Å². The molecular formula is C24H25ClN2. The average Bonchev–Trinajstić information content (AvgIpc) is 2.89. The lowest BCUT2D eigenvalue weighted by Crippen LogP contribution is -2.05. The van der Waals surface area contributed by atoms with Crippen LogP contribution in [0, 0.1) is 20.8 Å². The molecule has 0 saturated carbocycles. The molecule has 2 nitrogen and oxygen atoms in total. The molecule has 0 bridgehead atoms. The molecule has 0 atom stereocenters. The molecule has 27 heavy (non-hydrogen) atoms. The molecule has 2 aromatic carbocycles. The number of hydrogen-bond acceptors (Lipinski definition) is 1. The molecule has 138 valence electrons. The van der Waals surface area contributed by atoms with Gasteiger partial charge in [0.15, 0.2) is 0 Å². The van der Waals surface area contributed by atoms with Crippen LogP contribution in [-0.2, 0) is 13.0 Å². The summed E-state index contributed by atoms with van der Waals surface area (Å²) in [5.74, 6) is 0. The lowest BCUT2D eigenvalue weighted by Gasteiger charge is -2.12.